The number of carbonyl (C=O) groups excluding carboxylic acids is 1. The van der Waals surface area contributed by atoms with Crippen LogP contribution in [0.2, 0.25) is 0 Å². The highest BCUT2D eigenvalue weighted by Gasteiger charge is 2.44. The van der Waals surface area contributed by atoms with Crippen LogP contribution in [0.15, 0.2) is 4.52 Å². The summed E-state index contributed by atoms with van der Waals surface area (Å²) in [5.41, 5.74) is 2.92. The van der Waals surface area contributed by atoms with Gasteiger partial charge in [0.2, 0.25) is 5.54 Å². The van der Waals surface area contributed by atoms with Crippen LogP contribution in [-0.2, 0) is 20.9 Å². The predicted octanol–water partition coefficient (Wildman–Crippen LogP) is 1.81. The fraction of sp³-hybridized carbons (Fsp3) is 0.714. The zero-order chi connectivity index (χ0) is 17.8. The van der Waals surface area contributed by atoms with Gasteiger partial charge in [-0.05, 0) is 59.2 Å². The zero-order valence-electron chi connectivity index (χ0n) is 13.8. The van der Waals surface area contributed by atoms with Gasteiger partial charge in [0, 0.05) is 6.54 Å². The molecular formula is C14H23N3O5S. The number of hydrogen-bond donors (Lipinski definition) is 2. The normalized spacial score (nSPS) is 14.3. The third kappa shape index (κ3) is 5.14. The van der Waals surface area contributed by atoms with Gasteiger partial charge in [0.15, 0.2) is 0 Å². The van der Waals surface area contributed by atoms with Crippen molar-refractivity contribution in [2.75, 3.05) is 0 Å². The van der Waals surface area contributed by atoms with Crippen molar-refractivity contribution in [2.45, 2.75) is 64.6 Å². The number of aliphatic carboxylic acids is 1. The number of ether oxygens (including phenoxy) is 1. The van der Waals surface area contributed by atoms with Gasteiger partial charge in [-0.15, -0.1) is 0 Å². The molecule has 9 heteroatoms. The summed E-state index contributed by atoms with van der Waals surface area (Å²) < 4.78 is 11.7. The number of carboxylic acid groups (broad SMARTS) is 1. The summed E-state index contributed by atoms with van der Waals surface area (Å²) >= 11 is 4.98. The Bertz CT molecular complexity index is 631. The number of unbranched alkanes of at least 4 members (excludes halogenated alkanes) is 1. The second kappa shape index (κ2) is 7.22. The third-order valence-electron chi connectivity index (χ3n) is 3.21. The lowest BCUT2D eigenvalue weighted by Gasteiger charge is -2.28. The van der Waals surface area contributed by atoms with Crippen molar-refractivity contribution in [2.24, 2.45) is 5.73 Å². The van der Waals surface area contributed by atoms with Crippen LogP contribution in [0.4, 0.5) is 0 Å². The Kier molecular flexibility index (Phi) is 6.06. The molecule has 1 unspecified atom stereocenters. The van der Waals surface area contributed by atoms with Crippen LogP contribution in [-0.4, -0.2) is 37.9 Å². The van der Waals surface area contributed by atoms with Gasteiger partial charge in [-0.2, -0.15) is 0 Å². The molecule has 1 aromatic heterocycles. The molecule has 130 valence electrons. The fourth-order valence-electron chi connectivity index (χ4n) is 1.93. The van der Waals surface area contributed by atoms with Crippen molar-refractivity contribution in [1.82, 2.24) is 9.72 Å². The standard InChI is InChI=1S/C14H23N3O5S/c1-9-16-22-12(23)17(9)8-6-5-7-14(15,10(18)19)11(20)21-13(2,3)4/h5-8,15H2,1-4H3,(H,18,19). The zero-order valence-corrected chi connectivity index (χ0v) is 14.6. The van der Waals surface area contributed by atoms with E-state index in [4.69, 9.17) is 27.2 Å². The molecule has 23 heavy (non-hydrogen) atoms. The maximum absolute atomic E-state index is 12.1. The number of hydrogen-bond acceptors (Lipinski definition) is 7. The van der Waals surface area contributed by atoms with E-state index in [2.05, 4.69) is 5.16 Å². The second-order valence-corrected chi connectivity index (χ2v) is 6.73. The van der Waals surface area contributed by atoms with Gasteiger partial charge < -0.3 is 20.1 Å². The molecular weight excluding hydrogens is 322 g/mol. The summed E-state index contributed by atoms with van der Waals surface area (Å²) in [5, 5.41) is 13.0. The lowest BCUT2D eigenvalue weighted by molar-refractivity contribution is -0.169. The van der Waals surface area contributed by atoms with Crippen molar-refractivity contribution >= 4 is 24.2 Å². The molecule has 0 aliphatic carbocycles. The van der Waals surface area contributed by atoms with Crippen molar-refractivity contribution in [1.29, 1.82) is 0 Å². The highest BCUT2D eigenvalue weighted by atomic mass is 32.1. The van der Waals surface area contributed by atoms with Crippen LogP contribution in [0.3, 0.4) is 0 Å². The lowest BCUT2D eigenvalue weighted by Crippen LogP contribution is -2.57. The van der Waals surface area contributed by atoms with Gasteiger partial charge in [0.25, 0.3) is 4.84 Å². The minimum Gasteiger partial charge on any atom is -0.479 e. The van der Waals surface area contributed by atoms with Crippen molar-refractivity contribution in [3.8, 4) is 0 Å². The van der Waals surface area contributed by atoms with E-state index >= 15 is 0 Å². The SMILES string of the molecule is Cc1noc(=S)n1CCCCC(N)(C(=O)O)C(=O)OC(C)(C)C. The molecule has 0 fully saturated rings. The molecule has 3 N–H and O–H groups in total. The minimum atomic E-state index is -2.06. The van der Waals surface area contributed by atoms with E-state index in [9.17, 15) is 14.7 Å². The molecule has 0 saturated carbocycles. The quantitative estimate of drug-likeness (QED) is 0.332. The number of aromatic nitrogens is 2. The van der Waals surface area contributed by atoms with Crippen LogP contribution in [0.5, 0.6) is 0 Å². The van der Waals surface area contributed by atoms with E-state index in [1.165, 1.54) is 0 Å². The van der Waals surface area contributed by atoms with Crippen LogP contribution in [0.25, 0.3) is 0 Å². The number of aryl methyl sites for hydroxylation is 1. The second-order valence-electron chi connectivity index (χ2n) is 6.38. The lowest BCUT2D eigenvalue weighted by atomic mass is 9.93. The van der Waals surface area contributed by atoms with Crippen molar-refractivity contribution in [3.05, 3.63) is 10.7 Å². The van der Waals surface area contributed by atoms with Crippen LogP contribution in [0, 0.1) is 11.8 Å². The predicted molar refractivity (Wildman–Crippen MR) is 84.3 cm³/mol. The molecule has 1 atom stereocenters. The van der Waals surface area contributed by atoms with Crippen LogP contribution >= 0.6 is 12.2 Å². The summed E-state index contributed by atoms with van der Waals surface area (Å²) in [6, 6.07) is 0. The Labute approximate surface area is 139 Å². The number of rotatable bonds is 7. The monoisotopic (exact) mass is 345 g/mol. The van der Waals surface area contributed by atoms with Gasteiger partial charge in [0.1, 0.15) is 11.4 Å². The van der Waals surface area contributed by atoms with Crippen molar-refractivity contribution in [3.63, 3.8) is 0 Å². The fourth-order valence-corrected chi connectivity index (χ4v) is 2.19. The van der Waals surface area contributed by atoms with Gasteiger partial charge in [0.05, 0.1) is 0 Å². The largest absolute Gasteiger partial charge is 0.479 e. The minimum absolute atomic E-state index is 0.0328. The number of nitrogens with two attached hydrogens (primary N) is 1. The Morgan fingerprint density at radius 1 is 1.39 bits per heavy atom. The molecule has 0 amide bonds. The van der Waals surface area contributed by atoms with Crippen LogP contribution in [0.1, 0.15) is 45.9 Å². The molecule has 0 aliphatic heterocycles. The first kappa shape index (κ1) is 19.3. The van der Waals surface area contributed by atoms with E-state index in [1.54, 1.807) is 32.3 Å². The van der Waals surface area contributed by atoms with Gasteiger partial charge in [-0.3, -0.25) is 4.57 Å². The maximum atomic E-state index is 12.1. The first-order valence-electron chi connectivity index (χ1n) is 7.26. The molecule has 1 heterocycles. The first-order valence-corrected chi connectivity index (χ1v) is 7.67. The Morgan fingerprint density at radius 2 is 2.00 bits per heavy atom. The topological polar surface area (TPSA) is 121 Å². The van der Waals surface area contributed by atoms with Gasteiger partial charge in [-0.25, -0.2) is 9.59 Å². The van der Waals surface area contributed by atoms with Crippen molar-refractivity contribution < 1.29 is 24.0 Å². The molecule has 0 aromatic carbocycles. The number of nitrogens with zero attached hydrogens (tertiary/aromatic N) is 2. The average Bonchev–Trinajstić information content (AvgIpc) is 2.72. The Hall–Kier alpha value is -1.74. The summed E-state index contributed by atoms with van der Waals surface area (Å²) in [5.74, 6) is -1.70. The summed E-state index contributed by atoms with van der Waals surface area (Å²) in [7, 11) is 0. The highest BCUT2D eigenvalue weighted by Crippen LogP contribution is 2.19. The van der Waals surface area contributed by atoms with E-state index in [1.807, 2.05) is 0 Å². The molecule has 0 bridgehead atoms. The molecule has 1 aromatic rings. The molecule has 8 nitrogen and oxygen atoms in total. The molecule has 0 aliphatic rings. The molecule has 0 saturated heterocycles. The molecule has 1 rings (SSSR count). The molecule has 0 radical (unpaired) electrons. The average molecular weight is 345 g/mol. The van der Waals surface area contributed by atoms with E-state index in [0.29, 0.717) is 25.2 Å². The number of carboxylic acids is 1. The Morgan fingerprint density at radius 3 is 2.43 bits per heavy atom. The van der Waals surface area contributed by atoms with E-state index in [0.717, 1.165) is 0 Å². The Balaban J connectivity index is 2.65. The molecule has 0 spiro atoms. The smallest absolute Gasteiger partial charge is 0.338 e. The highest BCUT2D eigenvalue weighted by molar-refractivity contribution is 7.71. The number of esters is 1. The third-order valence-corrected chi connectivity index (χ3v) is 3.51. The van der Waals surface area contributed by atoms with Gasteiger partial charge >= 0.3 is 11.9 Å². The van der Waals surface area contributed by atoms with E-state index in [-0.39, 0.29) is 11.3 Å². The summed E-state index contributed by atoms with van der Waals surface area (Å²) in [4.78, 5) is 23.7. The number of carbonyl (C=O) groups is 2. The van der Waals surface area contributed by atoms with Gasteiger partial charge in [-0.1, -0.05) is 5.16 Å². The summed E-state index contributed by atoms with van der Waals surface area (Å²) in [6.07, 6.45) is 0.953. The first-order chi connectivity index (χ1) is 10.5. The summed E-state index contributed by atoms with van der Waals surface area (Å²) in [6.45, 7) is 7.24. The maximum Gasteiger partial charge on any atom is 0.338 e. The van der Waals surface area contributed by atoms with E-state index < -0.39 is 23.1 Å². The van der Waals surface area contributed by atoms with Crippen LogP contribution < -0.4 is 5.73 Å².